The number of benzene rings is 2. The smallest absolute Gasteiger partial charge is 0.119 e. The minimum atomic E-state index is 0.601. The number of nitrogens with zero attached hydrogens (tertiary/aromatic N) is 1. The summed E-state index contributed by atoms with van der Waals surface area (Å²) in [7, 11) is 0. The maximum atomic E-state index is 8.78. The van der Waals surface area contributed by atoms with Crippen molar-refractivity contribution in [3.8, 4) is 22.9 Å². The monoisotopic (exact) mass is 263 g/mol. The van der Waals surface area contributed by atoms with Crippen LogP contribution in [0, 0.1) is 11.3 Å². The molecule has 0 aliphatic carbocycles. The van der Waals surface area contributed by atoms with Crippen LogP contribution in [-0.2, 0) is 0 Å². The van der Waals surface area contributed by atoms with Gasteiger partial charge in [0.15, 0.2) is 0 Å². The summed E-state index contributed by atoms with van der Waals surface area (Å²) in [6.45, 7) is 2.70. The van der Waals surface area contributed by atoms with Crippen molar-refractivity contribution in [3.05, 3.63) is 66.2 Å². The molecule has 0 bridgehead atoms. The summed E-state index contributed by atoms with van der Waals surface area (Å²) < 4.78 is 5.61. The molecule has 0 fully saturated rings. The Bertz CT molecular complexity index is 603. The minimum absolute atomic E-state index is 0.601. The van der Waals surface area contributed by atoms with E-state index < -0.39 is 0 Å². The first-order valence-corrected chi connectivity index (χ1v) is 6.72. The highest BCUT2D eigenvalue weighted by Gasteiger charge is 1.99. The van der Waals surface area contributed by atoms with Crippen LogP contribution in [0.3, 0.4) is 0 Å². The van der Waals surface area contributed by atoms with E-state index >= 15 is 0 Å². The van der Waals surface area contributed by atoms with E-state index in [4.69, 9.17) is 10.00 Å². The predicted molar refractivity (Wildman–Crippen MR) is 81.5 cm³/mol. The van der Waals surface area contributed by atoms with Crippen LogP contribution in [0.15, 0.2) is 60.7 Å². The van der Waals surface area contributed by atoms with E-state index in [1.54, 1.807) is 0 Å². The van der Waals surface area contributed by atoms with E-state index in [1.165, 1.54) is 0 Å². The molecule has 0 atom stereocenters. The summed E-state index contributed by atoms with van der Waals surface area (Å²) in [5, 5.41) is 8.78. The van der Waals surface area contributed by atoms with Gasteiger partial charge in [-0.3, -0.25) is 0 Å². The summed E-state index contributed by atoms with van der Waals surface area (Å²) in [6.07, 6.45) is 5.14. The van der Waals surface area contributed by atoms with E-state index in [9.17, 15) is 0 Å². The lowest BCUT2D eigenvalue weighted by Gasteiger charge is -2.05. The summed E-state index contributed by atoms with van der Waals surface area (Å²) in [6, 6.07) is 17.7. The van der Waals surface area contributed by atoms with Crippen LogP contribution < -0.4 is 4.74 Å². The number of hydrogen-bond acceptors (Lipinski definition) is 2. The second-order valence-corrected chi connectivity index (χ2v) is 4.40. The highest BCUT2D eigenvalue weighted by Crippen LogP contribution is 2.22. The second kappa shape index (κ2) is 7.16. The van der Waals surface area contributed by atoms with Gasteiger partial charge in [0.1, 0.15) is 12.4 Å². The number of rotatable bonds is 5. The highest BCUT2D eigenvalue weighted by atomic mass is 16.5. The zero-order chi connectivity index (χ0) is 14.2. The Morgan fingerprint density at radius 2 is 1.55 bits per heavy atom. The molecule has 0 aliphatic rings. The van der Waals surface area contributed by atoms with Crippen molar-refractivity contribution in [2.45, 2.75) is 13.3 Å². The van der Waals surface area contributed by atoms with Crippen LogP contribution in [0.25, 0.3) is 11.1 Å². The van der Waals surface area contributed by atoms with Crippen molar-refractivity contribution >= 4 is 0 Å². The number of hydrogen-bond donors (Lipinski definition) is 0. The molecule has 2 nitrogen and oxygen atoms in total. The Labute approximate surface area is 119 Å². The average molecular weight is 263 g/mol. The van der Waals surface area contributed by atoms with Gasteiger partial charge in [-0.15, -0.1) is 0 Å². The van der Waals surface area contributed by atoms with Crippen molar-refractivity contribution < 1.29 is 4.74 Å². The maximum absolute atomic E-state index is 8.78. The maximum Gasteiger partial charge on any atom is 0.119 e. The SMILES string of the molecule is CC/C=C/COc1ccc(-c2ccc(C#N)cc2)cc1. The van der Waals surface area contributed by atoms with Crippen LogP contribution in [0.4, 0.5) is 0 Å². The molecular formula is C18H17NO. The van der Waals surface area contributed by atoms with Gasteiger partial charge in [0.2, 0.25) is 0 Å². The molecule has 2 rings (SSSR count). The molecule has 0 spiro atoms. The summed E-state index contributed by atoms with van der Waals surface area (Å²) in [4.78, 5) is 0. The third-order valence-corrected chi connectivity index (χ3v) is 2.95. The molecule has 0 saturated carbocycles. The molecule has 2 heteroatoms. The zero-order valence-electron chi connectivity index (χ0n) is 11.5. The lowest BCUT2D eigenvalue weighted by molar-refractivity contribution is 0.362. The van der Waals surface area contributed by atoms with Gasteiger partial charge in [-0.25, -0.2) is 0 Å². The fraction of sp³-hybridized carbons (Fsp3) is 0.167. The lowest BCUT2D eigenvalue weighted by atomic mass is 10.0. The Morgan fingerprint density at radius 3 is 2.10 bits per heavy atom. The van der Waals surface area contributed by atoms with Crippen molar-refractivity contribution in [3.63, 3.8) is 0 Å². The van der Waals surface area contributed by atoms with Crippen LogP contribution in [0.5, 0.6) is 5.75 Å². The van der Waals surface area contributed by atoms with Crippen LogP contribution in [0.2, 0.25) is 0 Å². The molecule has 2 aromatic rings. The van der Waals surface area contributed by atoms with Crippen molar-refractivity contribution in [2.75, 3.05) is 6.61 Å². The first kappa shape index (κ1) is 13.9. The van der Waals surface area contributed by atoms with Gasteiger partial charge < -0.3 is 4.74 Å². The van der Waals surface area contributed by atoms with Gasteiger partial charge >= 0.3 is 0 Å². The largest absolute Gasteiger partial charge is 0.490 e. The fourth-order valence-electron chi connectivity index (χ4n) is 1.86. The molecule has 100 valence electrons. The molecule has 0 unspecified atom stereocenters. The summed E-state index contributed by atoms with van der Waals surface area (Å²) in [5.74, 6) is 0.864. The molecule has 0 heterocycles. The molecule has 0 aliphatic heterocycles. The number of ether oxygens (including phenoxy) is 1. The van der Waals surface area contributed by atoms with Crippen LogP contribution >= 0.6 is 0 Å². The molecule has 2 aromatic carbocycles. The third-order valence-electron chi connectivity index (χ3n) is 2.95. The van der Waals surface area contributed by atoms with Crippen molar-refractivity contribution in [2.24, 2.45) is 0 Å². The first-order chi connectivity index (χ1) is 9.83. The van der Waals surface area contributed by atoms with E-state index in [2.05, 4.69) is 19.1 Å². The minimum Gasteiger partial charge on any atom is -0.490 e. The van der Waals surface area contributed by atoms with Gasteiger partial charge in [0, 0.05) is 0 Å². The quantitative estimate of drug-likeness (QED) is 0.740. The lowest BCUT2D eigenvalue weighted by Crippen LogP contribution is -1.92. The van der Waals surface area contributed by atoms with E-state index in [1.807, 2.05) is 54.6 Å². The molecule has 0 N–H and O–H groups in total. The molecule has 0 radical (unpaired) electrons. The Balaban J connectivity index is 2.03. The standard InChI is InChI=1S/C18H17NO/c1-2-3-4-13-20-18-11-9-17(10-12-18)16-7-5-15(14-19)6-8-16/h3-12H,2,13H2,1H3/b4-3+. The molecule has 0 aromatic heterocycles. The Kier molecular flexibility index (Phi) is 4.97. The predicted octanol–water partition coefficient (Wildman–Crippen LogP) is 4.57. The highest BCUT2D eigenvalue weighted by molar-refractivity contribution is 5.64. The van der Waals surface area contributed by atoms with Crippen molar-refractivity contribution in [1.82, 2.24) is 0 Å². The van der Waals surface area contributed by atoms with E-state index in [0.29, 0.717) is 12.2 Å². The van der Waals surface area contributed by atoms with Gasteiger partial charge in [-0.2, -0.15) is 5.26 Å². The summed E-state index contributed by atoms with van der Waals surface area (Å²) >= 11 is 0. The number of nitriles is 1. The van der Waals surface area contributed by atoms with Crippen LogP contribution in [0.1, 0.15) is 18.9 Å². The van der Waals surface area contributed by atoms with Gasteiger partial charge in [0.25, 0.3) is 0 Å². The van der Waals surface area contributed by atoms with Gasteiger partial charge in [-0.05, 0) is 41.8 Å². The van der Waals surface area contributed by atoms with E-state index in [-0.39, 0.29) is 0 Å². The third kappa shape index (κ3) is 3.73. The first-order valence-electron chi connectivity index (χ1n) is 6.72. The Hall–Kier alpha value is -2.53. The van der Waals surface area contributed by atoms with Crippen LogP contribution in [-0.4, -0.2) is 6.61 Å². The van der Waals surface area contributed by atoms with Gasteiger partial charge in [0.05, 0.1) is 11.6 Å². The topological polar surface area (TPSA) is 33.0 Å². The number of allylic oxidation sites excluding steroid dienone is 1. The fourth-order valence-corrected chi connectivity index (χ4v) is 1.86. The molecule has 0 amide bonds. The molecular weight excluding hydrogens is 246 g/mol. The molecule has 0 saturated heterocycles. The normalized spacial score (nSPS) is 10.4. The van der Waals surface area contributed by atoms with Crippen molar-refractivity contribution in [1.29, 1.82) is 5.26 Å². The molecule has 20 heavy (non-hydrogen) atoms. The average Bonchev–Trinajstić information content (AvgIpc) is 2.52. The van der Waals surface area contributed by atoms with E-state index in [0.717, 1.165) is 23.3 Å². The Morgan fingerprint density at radius 1 is 0.950 bits per heavy atom. The second-order valence-electron chi connectivity index (χ2n) is 4.40. The zero-order valence-corrected chi connectivity index (χ0v) is 11.5. The van der Waals surface area contributed by atoms with Gasteiger partial charge in [-0.1, -0.05) is 43.3 Å². The summed E-state index contributed by atoms with van der Waals surface area (Å²) in [5.41, 5.74) is 2.89.